The largest absolute Gasteiger partial charge is 0.378 e. The Bertz CT molecular complexity index is 220. The van der Waals surface area contributed by atoms with Crippen molar-refractivity contribution >= 4 is 0 Å². The SMILES string of the molecule is CN(CCCC1CCCO1)C1(CN)CCCC1. The van der Waals surface area contributed by atoms with E-state index in [9.17, 15) is 0 Å². The molecule has 1 aliphatic heterocycles. The Kier molecular flexibility index (Phi) is 4.83. The van der Waals surface area contributed by atoms with Gasteiger partial charge in [-0.2, -0.15) is 0 Å². The van der Waals surface area contributed by atoms with Crippen LogP contribution in [0.5, 0.6) is 0 Å². The van der Waals surface area contributed by atoms with E-state index >= 15 is 0 Å². The maximum Gasteiger partial charge on any atom is 0.0576 e. The van der Waals surface area contributed by atoms with Crippen LogP contribution >= 0.6 is 0 Å². The van der Waals surface area contributed by atoms with E-state index in [1.54, 1.807) is 0 Å². The average molecular weight is 240 g/mol. The van der Waals surface area contributed by atoms with Crippen molar-refractivity contribution in [2.45, 2.75) is 63.0 Å². The topological polar surface area (TPSA) is 38.5 Å². The highest BCUT2D eigenvalue weighted by Gasteiger charge is 2.35. The first-order valence-electron chi connectivity index (χ1n) is 7.30. The van der Waals surface area contributed by atoms with Crippen molar-refractivity contribution in [3.8, 4) is 0 Å². The smallest absolute Gasteiger partial charge is 0.0576 e. The number of nitrogens with zero attached hydrogens (tertiary/aromatic N) is 1. The van der Waals surface area contributed by atoms with Gasteiger partial charge in [-0.15, -0.1) is 0 Å². The van der Waals surface area contributed by atoms with Gasteiger partial charge in [-0.25, -0.2) is 0 Å². The molecule has 1 heterocycles. The van der Waals surface area contributed by atoms with E-state index in [1.165, 1.54) is 57.9 Å². The Morgan fingerprint density at radius 2 is 2.06 bits per heavy atom. The number of likely N-dealkylation sites (N-methyl/N-ethyl adjacent to an activating group) is 1. The van der Waals surface area contributed by atoms with Crippen LogP contribution in [0.1, 0.15) is 51.4 Å². The first-order chi connectivity index (χ1) is 8.27. The summed E-state index contributed by atoms with van der Waals surface area (Å²) < 4.78 is 5.67. The molecule has 0 aromatic carbocycles. The van der Waals surface area contributed by atoms with Crippen molar-refractivity contribution in [3.05, 3.63) is 0 Å². The van der Waals surface area contributed by atoms with Crippen molar-refractivity contribution in [2.75, 3.05) is 26.7 Å². The molecule has 100 valence electrons. The van der Waals surface area contributed by atoms with Gasteiger partial charge in [-0.05, 0) is 52.1 Å². The molecule has 1 aliphatic carbocycles. The highest BCUT2D eigenvalue weighted by atomic mass is 16.5. The summed E-state index contributed by atoms with van der Waals surface area (Å²) in [6, 6.07) is 0. The molecule has 2 aliphatic rings. The number of hydrogen-bond donors (Lipinski definition) is 1. The number of nitrogens with two attached hydrogens (primary N) is 1. The third-order valence-electron chi connectivity index (χ3n) is 4.77. The fourth-order valence-corrected chi connectivity index (χ4v) is 3.44. The van der Waals surface area contributed by atoms with Crippen molar-refractivity contribution in [1.29, 1.82) is 0 Å². The molecule has 3 heteroatoms. The van der Waals surface area contributed by atoms with Crippen LogP contribution in [-0.4, -0.2) is 43.3 Å². The number of hydrogen-bond acceptors (Lipinski definition) is 3. The molecule has 1 unspecified atom stereocenters. The van der Waals surface area contributed by atoms with Gasteiger partial charge in [0.2, 0.25) is 0 Å². The summed E-state index contributed by atoms with van der Waals surface area (Å²) in [5.41, 5.74) is 6.31. The zero-order valence-electron chi connectivity index (χ0n) is 11.3. The Labute approximate surface area is 106 Å². The minimum Gasteiger partial charge on any atom is -0.378 e. The second-order valence-electron chi connectivity index (χ2n) is 5.83. The summed E-state index contributed by atoms with van der Waals surface area (Å²) in [7, 11) is 2.26. The van der Waals surface area contributed by atoms with Crippen molar-refractivity contribution in [3.63, 3.8) is 0 Å². The zero-order chi connectivity index (χ0) is 12.1. The summed E-state index contributed by atoms with van der Waals surface area (Å²) in [6.07, 6.45) is 10.8. The standard InChI is InChI=1S/C14H28N2O/c1-16(14(12-15)8-2-3-9-14)10-4-6-13-7-5-11-17-13/h13H,2-12,15H2,1H3. The Morgan fingerprint density at radius 3 is 2.65 bits per heavy atom. The summed E-state index contributed by atoms with van der Waals surface area (Å²) in [5, 5.41) is 0. The van der Waals surface area contributed by atoms with E-state index in [4.69, 9.17) is 10.5 Å². The second kappa shape index (κ2) is 6.17. The molecule has 0 amide bonds. The van der Waals surface area contributed by atoms with Gasteiger partial charge >= 0.3 is 0 Å². The molecule has 1 saturated heterocycles. The molecule has 3 nitrogen and oxygen atoms in total. The molecule has 1 saturated carbocycles. The number of rotatable bonds is 6. The third kappa shape index (κ3) is 3.21. The first-order valence-corrected chi connectivity index (χ1v) is 7.30. The molecule has 0 aromatic heterocycles. The first kappa shape index (κ1) is 13.3. The van der Waals surface area contributed by atoms with Crippen LogP contribution in [0.4, 0.5) is 0 Å². The fourth-order valence-electron chi connectivity index (χ4n) is 3.44. The molecule has 2 rings (SSSR count). The van der Waals surface area contributed by atoms with E-state index < -0.39 is 0 Å². The minimum absolute atomic E-state index is 0.316. The minimum atomic E-state index is 0.316. The van der Waals surface area contributed by atoms with Crippen LogP contribution in [0.25, 0.3) is 0 Å². The van der Waals surface area contributed by atoms with Crippen LogP contribution in [0.15, 0.2) is 0 Å². The summed E-state index contributed by atoms with van der Waals surface area (Å²) in [5.74, 6) is 0. The summed E-state index contributed by atoms with van der Waals surface area (Å²) in [6.45, 7) is 2.98. The Balaban J connectivity index is 1.70. The zero-order valence-corrected chi connectivity index (χ0v) is 11.3. The lowest BCUT2D eigenvalue weighted by Gasteiger charge is -2.38. The van der Waals surface area contributed by atoms with Crippen molar-refractivity contribution in [2.24, 2.45) is 5.73 Å². The van der Waals surface area contributed by atoms with Gasteiger partial charge in [0, 0.05) is 18.7 Å². The highest BCUT2D eigenvalue weighted by Crippen LogP contribution is 2.33. The molecule has 2 fully saturated rings. The lowest BCUT2D eigenvalue weighted by molar-refractivity contribution is 0.0880. The molecule has 2 N–H and O–H groups in total. The molecular formula is C14H28N2O. The molecule has 0 bridgehead atoms. The quantitative estimate of drug-likeness (QED) is 0.773. The van der Waals surface area contributed by atoms with Crippen molar-refractivity contribution in [1.82, 2.24) is 4.90 Å². The highest BCUT2D eigenvalue weighted by molar-refractivity contribution is 4.94. The second-order valence-corrected chi connectivity index (χ2v) is 5.83. The van der Waals surface area contributed by atoms with Gasteiger partial charge in [-0.1, -0.05) is 12.8 Å². The summed E-state index contributed by atoms with van der Waals surface area (Å²) in [4.78, 5) is 2.52. The lowest BCUT2D eigenvalue weighted by atomic mass is 9.95. The van der Waals surface area contributed by atoms with Gasteiger partial charge in [-0.3, -0.25) is 4.90 Å². The van der Waals surface area contributed by atoms with Gasteiger partial charge < -0.3 is 10.5 Å². The molecule has 0 radical (unpaired) electrons. The van der Waals surface area contributed by atoms with E-state index in [0.29, 0.717) is 11.6 Å². The third-order valence-corrected chi connectivity index (χ3v) is 4.77. The van der Waals surface area contributed by atoms with E-state index in [-0.39, 0.29) is 0 Å². The van der Waals surface area contributed by atoms with Crippen LogP contribution in [-0.2, 0) is 4.74 Å². The predicted octanol–water partition coefficient (Wildman–Crippen LogP) is 2.15. The van der Waals surface area contributed by atoms with Gasteiger partial charge in [0.15, 0.2) is 0 Å². The maximum atomic E-state index is 6.00. The van der Waals surface area contributed by atoms with E-state index in [0.717, 1.165) is 13.2 Å². The van der Waals surface area contributed by atoms with Crippen LogP contribution < -0.4 is 5.73 Å². The lowest BCUT2D eigenvalue weighted by Crippen LogP contribution is -2.50. The van der Waals surface area contributed by atoms with Gasteiger partial charge in [0.25, 0.3) is 0 Å². The molecule has 0 spiro atoms. The van der Waals surface area contributed by atoms with Crippen molar-refractivity contribution < 1.29 is 4.74 Å². The average Bonchev–Trinajstić information content (AvgIpc) is 3.00. The van der Waals surface area contributed by atoms with Crippen LogP contribution in [0.2, 0.25) is 0 Å². The number of ether oxygens (including phenoxy) is 1. The molecule has 17 heavy (non-hydrogen) atoms. The maximum absolute atomic E-state index is 6.00. The Morgan fingerprint density at radius 1 is 1.29 bits per heavy atom. The fraction of sp³-hybridized carbons (Fsp3) is 1.00. The molecule has 0 aromatic rings. The van der Waals surface area contributed by atoms with Gasteiger partial charge in [0.05, 0.1) is 6.10 Å². The van der Waals surface area contributed by atoms with Crippen LogP contribution in [0, 0.1) is 0 Å². The van der Waals surface area contributed by atoms with E-state index in [2.05, 4.69) is 11.9 Å². The normalized spacial score (nSPS) is 28.1. The van der Waals surface area contributed by atoms with Gasteiger partial charge in [0.1, 0.15) is 0 Å². The summed E-state index contributed by atoms with van der Waals surface area (Å²) >= 11 is 0. The van der Waals surface area contributed by atoms with Crippen LogP contribution in [0.3, 0.4) is 0 Å². The van der Waals surface area contributed by atoms with E-state index in [1.807, 2.05) is 0 Å². The predicted molar refractivity (Wildman–Crippen MR) is 71.1 cm³/mol. The Hall–Kier alpha value is -0.120. The monoisotopic (exact) mass is 240 g/mol. The molecule has 1 atom stereocenters. The molecular weight excluding hydrogens is 212 g/mol.